The highest BCUT2D eigenvalue weighted by Crippen LogP contribution is 2.29. The summed E-state index contributed by atoms with van der Waals surface area (Å²) in [5.41, 5.74) is 0.196. The molecule has 1 aliphatic rings. The monoisotopic (exact) mass is 337 g/mol. The summed E-state index contributed by atoms with van der Waals surface area (Å²) in [5.74, 6) is 2.19. The van der Waals surface area contributed by atoms with Crippen molar-refractivity contribution in [3.8, 4) is 0 Å². The highest BCUT2D eigenvalue weighted by Gasteiger charge is 2.31. The molecule has 0 atom stereocenters. The van der Waals surface area contributed by atoms with Crippen molar-refractivity contribution in [3.05, 3.63) is 41.5 Å². The van der Waals surface area contributed by atoms with Gasteiger partial charge in [-0.1, -0.05) is 0 Å². The van der Waals surface area contributed by atoms with Crippen molar-refractivity contribution in [3.63, 3.8) is 0 Å². The summed E-state index contributed by atoms with van der Waals surface area (Å²) < 4.78 is 37.8. The van der Waals surface area contributed by atoms with E-state index in [0.717, 1.165) is 42.7 Å². The van der Waals surface area contributed by atoms with E-state index in [1.54, 1.807) is 0 Å². The van der Waals surface area contributed by atoms with Crippen LogP contribution >= 0.6 is 0 Å². The van der Waals surface area contributed by atoms with Crippen LogP contribution in [0.1, 0.15) is 17.1 Å². The van der Waals surface area contributed by atoms with Gasteiger partial charge in [-0.05, 0) is 26.0 Å². The minimum absolute atomic E-state index is 0.567. The Labute approximate surface area is 138 Å². The number of halogens is 3. The van der Waals surface area contributed by atoms with Crippen LogP contribution in [0.15, 0.2) is 24.4 Å². The largest absolute Gasteiger partial charge is 0.417 e. The first-order valence-corrected chi connectivity index (χ1v) is 7.68. The minimum atomic E-state index is -4.35. The number of piperazine rings is 1. The zero-order valence-corrected chi connectivity index (χ0v) is 13.5. The fourth-order valence-electron chi connectivity index (χ4n) is 2.76. The number of nitrogens with zero attached hydrogens (tertiary/aromatic N) is 5. The van der Waals surface area contributed by atoms with Crippen LogP contribution in [-0.2, 0) is 6.18 Å². The first-order chi connectivity index (χ1) is 11.3. The Morgan fingerprint density at radius 3 is 2.04 bits per heavy atom. The van der Waals surface area contributed by atoms with Gasteiger partial charge in [-0.25, -0.2) is 15.0 Å². The van der Waals surface area contributed by atoms with E-state index in [9.17, 15) is 13.2 Å². The quantitative estimate of drug-likeness (QED) is 0.843. The molecule has 2 aromatic rings. The van der Waals surface area contributed by atoms with E-state index in [2.05, 4.69) is 19.9 Å². The highest BCUT2D eigenvalue weighted by molar-refractivity contribution is 5.45. The van der Waals surface area contributed by atoms with E-state index < -0.39 is 11.7 Å². The summed E-state index contributed by atoms with van der Waals surface area (Å²) in [5, 5.41) is 0. The number of hydrogen-bond donors (Lipinski definition) is 0. The molecule has 24 heavy (non-hydrogen) atoms. The van der Waals surface area contributed by atoms with Gasteiger partial charge in [-0.3, -0.25) is 0 Å². The third-order valence-electron chi connectivity index (χ3n) is 3.96. The highest BCUT2D eigenvalue weighted by atomic mass is 19.4. The second-order valence-electron chi connectivity index (χ2n) is 5.79. The molecule has 0 spiro atoms. The molecule has 0 unspecified atom stereocenters. The molecular weight excluding hydrogens is 319 g/mol. The predicted molar refractivity (Wildman–Crippen MR) is 85.2 cm³/mol. The van der Waals surface area contributed by atoms with Gasteiger partial charge in [0.1, 0.15) is 17.5 Å². The van der Waals surface area contributed by atoms with Crippen molar-refractivity contribution in [2.75, 3.05) is 36.0 Å². The predicted octanol–water partition coefficient (Wildman–Crippen LogP) is 2.83. The number of aryl methyl sites for hydroxylation is 2. The molecule has 0 N–H and O–H groups in total. The average Bonchev–Trinajstić information content (AvgIpc) is 2.53. The summed E-state index contributed by atoms with van der Waals surface area (Å²) in [4.78, 5) is 16.8. The van der Waals surface area contributed by atoms with Gasteiger partial charge >= 0.3 is 6.18 Å². The van der Waals surface area contributed by atoms with Crippen molar-refractivity contribution >= 4 is 11.6 Å². The standard InChI is InChI=1S/C16H18F3N5/c1-11-9-15(22-12(2)21-11)24-7-5-23(6-8-24)14-4-3-13(10-20-14)16(17,18)19/h3-4,9-10H,5-8H2,1-2H3. The molecule has 0 amide bonds. The first-order valence-electron chi connectivity index (χ1n) is 7.68. The molecule has 0 saturated carbocycles. The molecule has 0 aromatic carbocycles. The lowest BCUT2D eigenvalue weighted by Crippen LogP contribution is -2.47. The molecule has 1 fully saturated rings. The van der Waals surface area contributed by atoms with Gasteiger partial charge in [0.15, 0.2) is 0 Å². The van der Waals surface area contributed by atoms with Crippen LogP contribution in [0.3, 0.4) is 0 Å². The molecular formula is C16H18F3N5. The van der Waals surface area contributed by atoms with Gasteiger partial charge in [0.25, 0.3) is 0 Å². The van der Waals surface area contributed by atoms with E-state index in [-0.39, 0.29) is 0 Å². The fourth-order valence-corrected chi connectivity index (χ4v) is 2.76. The van der Waals surface area contributed by atoms with Gasteiger partial charge in [0.05, 0.1) is 5.56 Å². The Morgan fingerprint density at radius 2 is 1.54 bits per heavy atom. The summed E-state index contributed by atoms with van der Waals surface area (Å²) in [6, 6.07) is 4.45. The number of pyridine rings is 1. The van der Waals surface area contributed by atoms with Gasteiger partial charge in [-0.2, -0.15) is 13.2 Å². The van der Waals surface area contributed by atoms with Crippen molar-refractivity contribution in [1.82, 2.24) is 15.0 Å². The lowest BCUT2D eigenvalue weighted by atomic mass is 10.2. The average molecular weight is 337 g/mol. The van der Waals surface area contributed by atoms with Crippen LogP contribution < -0.4 is 9.80 Å². The molecule has 0 radical (unpaired) electrons. The van der Waals surface area contributed by atoms with Crippen molar-refractivity contribution in [2.24, 2.45) is 0 Å². The van der Waals surface area contributed by atoms with E-state index in [1.165, 1.54) is 6.07 Å². The Bertz CT molecular complexity index is 686. The van der Waals surface area contributed by atoms with Crippen LogP contribution in [-0.4, -0.2) is 41.1 Å². The van der Waals surface area contributed by atoms with Crippen LogP contribution in [0.25, 0.3) is 0 Å². The molecule has 3 heterocycles. The second-order valence-corrected chi connectivity index (χ2v) is 5.79. The number of rotatable bonds is 2. The molecule has 8 heteroatoms. The van der Waals surface area contributed by atoms with Crippen LogP contribution in [0.5, 0.6) is 0 Å². The summed E-state index contributed by atoms with van der Waals surface area (Å²) in [7, 11) is 0. The fraction of sp³-hybridized carbons (Fsp3) is 0.438. The normalized spacial score (nSPS) is 15.7. The maximum Gasteiger partial charge on any atom is 0.417 e. The molecule has 1 aliphatic heterocycles. The number of aromatic nitrogens is 3. The molecule has 5 nitrogen and oxygen atoms in total. The lowest BCUT2D eigenvalue weighted by Gasteiger charge is -2.36. The SMILES string of the molecule is Cc1cc(N2CCN(c3ccc(C(F)(F)F)cn3)CC2)nc(C)n1. The minimum Gasteiger partial charge on any atom is -0.353 e. The van der Waals surface area contributed by atoms with Gasteiger partial charge in [-0.15, -0.1) is 0 Å². The molecule has 3 rings (SSSR count). The van der Waals surface area contributed by atoms with Crippen LogP contribution in [0.4, 0.5) is 24.8 Å². The molecule has 128 valence electrons. The van der Waals surface area contributed by atoms with Crippen LogP contribution in [0.2, 0.25) is 0 Å². The van der Waals surface area contributed by atoms with Gasteiger partial charge < -0.3 is 9.80 Å². The van der Waals surface area contributed by atoms with Crippen LogP contribution in [0, 0.1) is 13.8 Å². The zero-order valence-electron chi connectivity index (χ0n) is 13.5. The van der Waals surface area contributed by atoms with E-state index in [0.29, 0.717) is 18.9 Å². The summed E-state index contributed by atoms with van der Waals surface area (Å²) in [6.45, 7) is 6.62. The Hall–Kier alpha value is -2.38. The maximum atomic E-state index is 12.6. The molecule has 2 aromatic heterocycles. The Morgan fingerprint density at radius 1 is 0.917 bits per heavy atom. The molecule has 0 aliphatic carbocycles. The Balaban J connectivity index is 1.66. The third kappa shape index (κ3) is 3.58. The zero-order chi connectivity index (χ0) is 17.3. The topological polar surface area (TPSA) is 45.2 Å². The number of alkyl halides is 3. The summed E-state index contributed by atoms with van der Waals surface area (Å²) in [6.07, 6.45) is -3.47. The molecule has 1 saturated heterocycles. The van der Waals surface area contributed by atoms with E-state index in [1.807, 2.05) is 24.8 Å². The smallest absolute Gasteiger partial charge is 0.353 e. The van der Waals surface area contributed by atoms with Crippen molar-refractivity contribution in [1.29, 1.82) is 0 Å². The number of anilines is 2. The van der Waals surface area contributed by atoms with Crippen molar-refractivity contribution in [2.45, 2.75) is 20.0 Å². The third-order valence-corrected chi connectivity index (χ3v) is 3.96. The second kappa shape index (κ2) is 6.26. The van der Waals surface area contributed by atoms with Crippen molar-refractivity contribution < 1.29 is 13.2 Å². The maximum absolute atomic E-state index is 12.6. The van der Waals surface area contributed by atoms with E-state index in [4.69, 9.17) is 0 Å². The lowest BCUT2D eigenvalue weighted by molar-refractivity contribution is -0.137. The van der Waals surface area contributed by atoms with Gasteiger partial charge in [0, 0.05) is 44.1 Å². The Kier molecular flexibility index (Phi) is 4.29. The van der Waals surface area contributed by atoms with Gasteiger partial charge in [0.2, 0.25) is 0 Å². The first kappa shape index (κ1) is 16.5. The van der Waals surface area contributed by atoms with E-state index >= 15 is 0 Å². The molecule has 0 bridgehead atoms. The number of hydrogen-bond acceptors (Lipinski definition) is 5. The summed E-state index contributed by atoms with van der Waals surface area (Å²) >= 11 is 0.